The number of nitrogens with one attached hydrogen (secondary N) is 1. The summed E-state index contributed by atoms with van der Waals surface area (Å²) in [4.78, 5) is 25.1. The van der Waals surface area contributed by atoms with Crippen molar-refractivity contribution in [3.8, 4) is 5.75 Å². The molecule has 2 amide bonds. The van der Waals surface area contributed by atoms with Gasteiger partial charge in [0, 0.05) is 13.5 Å². The zero-order chi connectivity index (χ0) is 19.3. The second-order valence-corrected chi connectivity index (χ2v) is 5.49. The van der Waals surface area contributed by atoms with E-state index in [1.54, 1.807) is 24.3 Å². The van der Waals surface area contributed by atoms with Crippen molar-refractivity contribution in [2.45, 2.75) is 13.5 Å². The summed E-state index contributed by atoms with van der Waals surface area (Å²) in [5, 5.41) is 2.13. The molecule has 138 valence electrons. The van der Waals surface area contributed by atoms with Crippen LogP contribution in [-0.4, -0.2) is 30.4 Å². The highest BCUT2D eigenvalue weighted by atomic mass is 19.2. The average molecular weight is 366 g/mol. The minimum atomic E-state index is -1.68. The van der Waals surface area contributed by atoms with E-state index in [1.165, 1.54) is 18.9 Å². The monoisotopic (exact) mass is 366 g/mol. The van der Waals surface area contributed by atoms with Crippen molar-refractivity contribution in [1.29, 1.82) is 0 Å². The summed E-state index contributed by atoms with van der Waals surface area (Å²) in [6.45, 7) is 1.06. The van der Waals surface area contributed by atoms with Crippen LogP contribution in [0.3, 0.4) is 0 Å². The number of amides is 2. The van der Waals surface area contributed by atoms with Crippen LogP contribution in [-0.2, 0) is 16.1 Å². The van der Waals surface area contributed by atoms with Crippen molar-refractivity contribution >= 4 is 17.5 Å². The zero-order valence-electron chi connectivity index (χ0n) is 14.2. The van der Waals surface area contributed by atoms with Crippen molar-refractivity contribution in [2.75, 3.05) is 19.0 Å². The summed E-state index contributed by atoms with van der Waals surface area (Å²) in [7, 11) is 1.53. The van der Waals surface area contributed by atoms with E-state index in [2.05, 4.69) is 5.32 Å². The Balaban J connectivity index is 2.05. The van der Waals surface area contributed by atoms with Gasteiger partial charge in [-0.25, -0.2) is 13.2 Å². The first-order valence-corrected chi connectivity index (χ1v) is 7.63. The molecule has 0 aliphatic carbocycles. The fourth-order valence-electron chi connectivity index (χ4n) is 2.22. The number of halogens is 3. The van der Waals surface area contributed by atoms with Gasteiger partial charge in [0.2, 0.25) is 11.8 Å². The van der Waals surface area contributed by atoms with Crippen LogP contribution in [0.2, 0.25) is 0 Å². The lowest BCUT2D eigenvalue weighted by Crippen LogP contribution is -2.36. The molecule has 0 radical (unpaired) electrons. The maximum absolute atomic E-state index is 13.6. The van der Waals surface area contributed by atoms with Gasteiger partial charge in [0.15, 0.2) is 17.5 Å². The second-order valence-electron chi connectivity index (χ2n) is 5.49. The molecular weight excluding hydrogens is 349 g/mol. The largest absolute Gasteiger partial charge is 0.497 e. The van der Waals surface area contributed by atoms with Crippen LogP contribution in [0.4, 0.5) is 18.9 Å². The lowest BCUT2D eigenvalue weighted by molar-refractivity contribution is -0.133. The fraction of sp³-hybridized carbons (Fsp3) is 0.222. The molecule has 0 fully saturated rings. The summed E-state index contributed by atoms with van der Waals surface area (Å²) in [5.41, 5.74) is 0.259. The summed E-state index contributed by atoms with van der Waals surface area (Å²) in [6.07, 6.45) is 0. The van der Waals surface area contributed by atoms with Gasteiger partial charge < -0.3 is 15.0 Å². The standard InChI is InChI=1S/C18H17F3N2O3/c1-11(24)23(9-12-3-5-13(26-2)6-4-12)10-16(25)22-15-8-7-14(19)17(20)18(15)21/h3-8H,9-10H2,1-2H3,(H,22,25). The van der Waals surface area contributed by atoms with Gasteiger partial charge in [0.1, 0.15) is 12.3 Å². The van der Waals surface area contributed by atoms with Gasteiger partial charge in [-0.1, -0.05) is 12.1 Å². The molecule has 2 aromatic rings. The number of nitrogens with zero attached hydrogens (tertiary/aromatic N) is 1. The number of hydrogen-bond donors (Lipinski definition) is 1. The third kappa shape index (κ3) is 4.75. The van der Waals surface area contributed by atoms with E-state index in [9.17, 15) is 22.8 Å². The molecule has 2 aromatic carbocycles. The number of benzene rings is 2. The van der Waals surface area contributed by atoms with E-state index in [0.717, 1.165) is 11.6 Å². The lowest BCUT2D eigenvalue weighted by atomic mass is 10.2. The number of anilines is 1. The molecule has 5 nitrogen and oxygen atoms in total. The molecule has 0 spiro atoms. The Morgan fingerprint density at radius 2 is 1.69 bits per heavy atom. The van der Waals surface area contributed by atoms with Gasteiger partial charge in [0.05, 0.1) is 12.8 Å². The number of rotatable bonds is 6. The van der Waals surface area contributed by atoms with Gasteiger partial charge >= 0.3 is 0 Å². The van der Waals surface area contributed by atoms with Gasteiger partial charge in [-0.2, -0.15) is 0 Å². The third-order valence-electron chi connectivity index (χ3n) is 3.62. The number of carbonyl (C=O) groups excluding carboxylic acids is 2. The van der Waals surface area contributed by atoms with Crippen molar-refractivity contribution in [1.82, 2.24) is 4.90 Å². The van der Waals surface area contributed by atoms with Crippen molar-refractivity contribution in [3.63, 3.8) is 0 Å². The van der Waals surface area contributed by atoms with E-state index in [4.69, 9.17) is 4.74 Å². The van der Waals surface area contributed by atoms with Crippen LogP contribution in [0, 0.1) is 17.5 Å². The summed E-state index contributed by atoms with van der Waals surface area (Å²) in [5.74, 6) is -4.99. The molecule has 0 heterocycles. The van der Waals surface area contributed by atoms with Crippen molar-refractivity contribution < 1.29 is 27.5 Å². The maximum atomic E-state index is 13.6. The van der Waals surface area contributed by atoms with Gasteiger partial charge in [0.25, 0.3) is 0 Å². The van der Waals surface area contributed by atoms with Crippen LogP contribution < -0.4 is 10.1 Å². The first kappa shape index (κ1) is 19.3. The van der Waals surface area contributed by atoms with Gasteiger partial charge in [-0.3, -0.25) is 9.59 Å². The zero-order valence-corrected chi connectivity index (χ0v) is 14.2. The molecule has 8 heteroatoms. The Labute approximate surface area is 148 Å². The summed E-state index contributed by atoms with van der Waals surface area (Å²) >= 11 is 0. The molecule has 2 rings (SSSR count). The fourth-order valence-corrected chi connectivity index (χ4v) is 2.22. The predicted molar refractivity (Wildman–Crippen MR) is 89.0 cm³/mol. The average Bonchev–Trinajstić information content (AvgIpc) is 2.62. The molecule has 0 saturated carbocycles. The minimum Gasteiger partial charge on any atom is -0.497 e. The van der Waals surface area contributed by atoms with Crippen LogP contribution in [0.25, 0.3) is 0 Å². The van der Waals surface area contributed by atoms with Crippen LogP contribution >= 0.6 is 0 Å². The first-order valence-electron chi connectivity index (χ1n) is 7.63. The number of hydrogen-bond acceptors (Lipinski definition) is 3. The van der Waals surface area contributed by atoms with Crippen molar-refractivity contribution in [3.05, 3.63) is 59.4 Å². The minimum absolute atomic E-state index is 0.146. The summed E-state index contributed by atoms with van der Waals surface area (Å²) in [6, 6.07) is 8.51. The maximum Gasteiger partial charge on any atom is 0.244 e. The Kier molecular flexibility index (Phi) is 6.21. The molecule has 26 heavy (non-hydrogen) atoms. The molecule has 0 aliphatic heterocycles. The Bertz CT molecular complexity index is 810. The number of ether oxygens (including phenoxy) is 1. The van der Waals surface area contributed by atoms with Gasteiger partial charge in [-0.15, -0.1) is 0 Å². The van der Waals surface area contributed by atoms with E-state index < -0.39 is 29.0 Å². The predicted octanol–water partition coefficient (Wildman–Crippen LogP) is 3.10. The van der Waals surface area contributed by atoms with Crippen LogP contribution in [0.1, 0.15) is 12.5 Å². The molecular formula is C18H17F3N2O3. The van der Waals surface area contributed by atoms with E-state index >= 15 is 0 Å². The number of methoxy groups -OCH3 is 1. The topological polar surface area (TPSA) is 58.6 Å². The molecule has 0 saturated heterocycles. The van der Waals surface area contributed by atoms with E-state index in [-0.39, 0.29) is 19.0 Å². The smallest absolute Gasteiger partial charge is 0.244 e. The second kappa shape index (κ2) is 8.37. The molecule has 0 bridgehead atoms. The molecule has 1 N–H and O–H groups in total. The van der Waals surface area contributed by atoms with E-state index in [1.807, 2.05) is 0 Å². The Morgan fingerprint density at radius 1 is 1.04 bits per heavy atom. The first-order chi connectivity index (χ1) is 12.3. The highest BCUT2D eigenvalue weighted by molar-refractivity contribution is 5.94. The Hall–Kier alpha value is -3.03. The third-order valence-corrected chi connectivity index (χ3v) is 3.62. The summed E-state index contributed by atoms with van der Waals surface area (Å²) < 4.78 is 44.8. The highest BCUT2D eigenvalue weighted by Crippen LogP contribution is 2.19. The molecule has 0 unspecified atom stereocenters. The Morgan fingerprint density at radius 3 is 2.27 bits per heavy atom. The highest BCUT2D eigenvalue weighted by Gasteiger charge is 2.18. The molecule has 0 atom stereocenters. The quantitative estimate of drug-likeness (QED) is 0.800. The molecule has 0 aliphatic rings. The van der Waals surface area contributed by atoms with Crippen LogP contribution in [0.15, 0.2) is 36.4 Å². The van der Waals surface area contributed by atoms with Crippen molar-refractivity contribution in [2.24, 2.45) is 0 Å². The SMILES string of the molecule is COc1ccc(CN(CC(=O)Nc2ccc(F)c(F)c2F)C(C)=O)cc1. The number of carbonyl (C=O) groups is 2. The van der Waals surface area contributed by atoms with Crippen LogP contribution in [0.5, 0.6) is 5.75 Å². The molecule has 0 aromatic heterocycles. The van der Waals surface area contributed by atoms with Gasteiger partial charge in [-0.05, 0) is 29.8 Å². The lowest BCUT2D eigenvalue weighted by Gasteiger charge is -2.21. The normalized spacial score (nSPS) is 10.3. The van der Waals surface area contributed by atoms with E-state index in [0.29, 0.717) is 11.8 Å².